The van der Waals surface area contributed by atoms with Crippen LogP contribution in [0.1, 0.15) is 26.3 Å². The van der Waals surface area contributed by atoms with Gasteiger partial charge in [0.2, 0.25) is 4.34 Å². The number of benzene rings is 1. The van der Waals surface area contributed by atoms with E-state index in [1.807, 2.05) is 31.2 Å². The number of sulfonamides is 1. The van der Waals surface area contributed by atoms with Gasteiger partial charge in [-0.2, -0.15) is 4.31 Å². The predicted octanol–water partition coefficient (Wildman–Crippen LogP) is 2.27. The van der Waals surface area contributed by atoms with Crippen molar-refractivity contribution in [2.75, 3.05) is 24.5 Å². The Hall–Kier alpha value is -1.48. The third-order valence-electron chi connectivity index (χ3n) is 4.47. The number of aliphatic hydroxyl groups is 1. The average molecular weight is 382 g/mol. The van der Waals surface area contributed by atoms with Gasteiger partial charge in [-0.1, -0.05) is 12.1 Å². The van der Waals surface area contributed by atoms with Gasteiger partial charge in [0, 0.05) is 42.9 Å². The molecule has 2 aromatic rings. The lowest BCUT2D eigenvalue weighted by molar-refractivity contribution is 0.0786. The Kier molecular flexibility index (Phi) is 4.89. The summed E-state index contributed by atoms with van der Waals surface area (Å²) < 4.78 is 26.9. The molecule has 0 saturated carbocycles. The fraction of sp³-hybridized carbons (Fsp3) is 0.471. The molecule has 25 heavy (non-hydrogen) atoms. The lowest BCUT2D eigenvalue weighted by atomic mass is 9.98. The van der Waals surface area contributed by atoms with Crippen molar-refractivity contribution in [3.05, 3.63) is 41.4 Å². The van der Waals surface area contributed by atoms with Crippen LogP contribution >= 0.6 is 11.3 Å². The quantitative estimate of drug-likeness (QED) is 0.879. The van der Waals surface area contributed by atoms with E-state index in [0.29, 0.717) is 19.6 Å². The number of hydrogen-bond acceptors (Lipinski definition) is 6. The maximum Gasteiger partial charge on any atom is 0.270 e. The van der Waals surface area contributed by atoms with Crippen LogP contribution < -0.4 is 4.90 Å². The number of rotatable bonds is 4. The van der Waals surface area contributed by atoms with Gasteiger partial charge < -0.3 is 10.0 Å². The highest BCUT2D eigenvalue weighted by Gasteiger charge is 2.33. The standard InChI is InChI=1S/C17H23N3O3S2/c1-13-12-19(25(22,23)16-18-8-11-24-16)9-10-20(13)15-6-4-14(5-7-15)17(2,3)21/h4-8,11,13,21H,9-10,12H2,1-3H3/t13-/m0/s1. The van der Waals surface area contributed by atoms with Gasteiger partial charge in [0.05, 0.1) is 5.60 Å². The molecule has 0 unspecified atom stereocenters. The molecule has 1 saturated heterocycles. The molecule has 2 heterocycles. The molecular weight excluding hydrogens is 358 g/mol. The highest BCUT2D eigenvalue weighted by atomic mass is 32.2. The van der Waals surface area contributed by atoms with E-state index in [4.69, 9.17) is 0 Å². The Morgan fingerprint density at radius 3 is 2.44 bits per heavy atom. The minimum absolute atomic E-state index is 0.0523. The summed E-state index contributed by atoms with van der Waals surface area (Å²) >= 11 is 1.15. The summed E-state index contributed by atoms with van der Waals surface area (Å²) in [6, 6.07) is 7.85. The zero-order valence-corrected chi connectivity index (χ0v) is 16.2. The van der Waals surface area contributed by atoms with Crippen molar-refractivity contribution >= 4 is 27.0 Å². The zero-order chi connectivity index (χ0) is 18.2. The van der Waals surface area contributed by atoms with Crippen molar-refractivity contribution in [3.63, 3.8) is 0 Å². The van der Waals surface area contributed by atoms with Crippen LogP contribution in [0, 0.1) is 0 Å². The summed E-state index contributed by atoms with van der Waals surface area (Å²) in [5.41, 5.74) is 1.02. The normalized spacial score (nSPS) is 20.0. The van der Waals surface area contributed by atoms with E-state index in [2.05, 4.69) is 9.88 Å². The number of anilines is 1. The minimum atomic E-state index is -3.50. The highest BCUT2D eigenvalue weighted by molar-refractivity contribution is 7.91. The number of thiazole rings is 1. The van der Waals surface area contributed by atoms with Gasteiger partial charge in [0.1, 0.15) is 0 Å². The molecule has 1 fully saturated rings. The maximum absolute atomic E-state index is 12.6. The van der Waals surface area contributed by atoms with Crippen LogP contribution in [0.25, 0.3) is 0 Å². The molecule has 0 amide bonds. The number of hydrogen-bond donors (Lipinski definition) is 1. The van der Waals surface area contributed by atoms with Gasteiger partial charge >= 0.3 is 0 Å². The summed E-state index contributed by atoms with van der Waals surface area (Å²) in [5.74, 6) is 0. The lowest BCUT2D eigenvalue weighted by Crippen LogP contribution is -2.53. The molecule has 0 aliphatic carbocycles. The molecule has 1 N–H and O–H groups in total. The summed E-state index contributed by atoms with van der Waals surface area (Å²) in [6.45, 7) is 7.01. The van der Waals surface area contributed by atoms with Crippen LogP contribution in [0.3, 0.4) is 0 Å². The zero-order valence-electron chi connectivity index (χ0n) is 14.6. The van der Waals surface area contributed by atoms with Crippen LogP contribution in [0.4, 0.5) is 5.69 Å². The van der Waals surface area contributed by atoms with Crippen LogP contribution in [-0.4, -0.2) is 48.5 Å². The molecule has 0 bridgehead atoms. The van der Waals surface area contributed by atoms with E-state index >= 15 is 0 Å². The predicted molar refractivity (Wildman–Crippen MR) is 99.4 cm³/mol. The second kappa shape index (κ2) is 6.68. The van der Waals surface area contributed by atoms with Gasteiger partial charge in [-0.3, -0.25) is 0 Å². The lowest BCUT2D eigenvalue weighted by Gasteiger charge is -2.40. The molecule has 0 radical (unpaired) electrons. The third kappa shape index (κ3) is 3.72. The van der Waals surface area contributed by atoms with Crippen LogP contribution in [0.5, 0.6) is 0 Å². The first kappa shape index (κ1) is 18.3. The second-order valence-corrected chi connectivity index (χ2v) is 9.82. The van der Waals surface area contributed by atoms with E-state index in [0.717, 1.165) is 22.6 Å². The SMILES string of the molecule is C[C@H]1CN(S(=O)(=O)c2nccs2)CCN1c1ccc(C(C)(C)O)cc1. The summed E-state index contributed by atoms with van der Waals surface area (Å²) in [7, 11) is -3.50. The number of piperazine rings is 1. The first-order valence-corrected chi connectivity index (χ1v) is 10.5. The van der Waals surface area contributed by atoms with Crippen molar-refractivity contribution < 1.29 is 13.5 Å². The summed E-state index contributed by atoms with van der Waals surface area (Å²) in [4.78, 5) is 6.15. The average Bonchev–Trinajstić information content (AvgIpc) is 3.09. The second-order valence-electron chi connectivity index (χ2n) is 6.81. The van der Waals surface area contributed by atoms with Crippen LogP contribution in [0.15, 0.2) is 40.2 Å². The summed E-state index contributed by atoms with van der Waals surface area (Å²) in [5, 5.41) is 11.7. The Morgan fingerprint density at radius 2 is 1.92 bits per heavy atom. The van der Waals surface area contributed by atoms with Gasteiger partial charge in [-0.05, 0) is 38.5 Å². The molecule has 1 atom stereocenters. The Bertz CT molecular complexity index is 812. The van der Waals surface area contributed by atoms with Crippen molar-refractivity contribution in [1.82, 2.24) is 9.29 Å². The van der Waals surface area contributed by atoms with E-state index in [1.54, 1.807) is 19.2 Å². The first-order chi connectivity index (χ1) is 11.7. The molecule has 1 aliphatic heterocycles. The van der Waals surface area contributed by atoms with E-state index in [-0.39, 0.29) is 10.4 Å². The Morgan fingerprint density at radius 1 is 1.24 bits per heavy atom. The van der Waals surface area contributed by atoms with E-state index < -0.39 is 15.6 Å². The molecule has 6 nitrogen and oxygen atoms in total. The number of nitrogens with zero attached hydrogens (tertiary/aromatic N) is 3. The fourth-order valence-corrected chi connectivity index (χ4v) is 5.51. The molecule has 1 aromatic heterocycles. The van der Waals surface area contributed by atoms with Gasteiger partial charge in [0.15, 0.2) is 0 Å². The molecule has 0 spiro atoms. The monoisotopic (exact) mass is 381 g/mol. The van der Waals surface area contributed by atoms with Crippen molar-refractivity contribution in [1.29, 1.82) is 0 Å². The molecule has 3 rings (SSSR count). The van der Waals surface area contributed by atoms with Crippen molar-refractivity contribution in [2.24, 2.45) is 0 Å². The number of aromatic nitrogens is 1. The highest BCUT2D eigenvalue weighted by Crippen LogP contribution is 2.27. The van der Waals surface area contributed by atoms with E-state index in [9.17, 15) is 13.5 Å². The molecule has 1 aliphatic rings. The molecule has 1 aromatic carbocycles. The largest absolute Gasteiger partial charge is 0.386 e. The first-order valence-electron chi connectivity index (χ1n) is 8.19. The molecular formula is C17H23N3O3S2. The van der Waals surface area contributed by atoms with Crippen LogP contribution in [-0.2, 0) is 15.6 Å². The van der Waals surface area contributed by atoms with E-state index in [1.165, 1.54) is 10.5 Å². The Balaban J connectivity index is 1.74. The van der Waals surface area contributed by atoms with Gasteiger partial charge in [-0.25, -0.2) is 13.4 Å². The van der Waals surface area contributed by atoms with Crippen molar-refractivity contribution in [3.8, 4) is 0 Å². The topological polar surface area (TPSA) is 73.7 Å². The summed E-state index contributed by atoms with van der Waals surface area (Å²) in [6.07, 6.45) is 1.52. The van der Waals surface area contributed by atoms with Gasteiger partial charge in [-0.15, -0.1) is 11.3 Å². The maximum atomic E-state index is 12.6. The molecule has 8 heteroatoms. The smallest absolute Gasteiger partial charge is 0.270 e. The van der Waals surface area contributed by atoms with Crippen molar-refractivity contribution in [2.45, 2.75) is 36.8 Å². The Labute approximate surface area is 152 Å². The molecule has 136 valence electrons. The third-order valence-corrected chi connectivity index (χ3v) is 7.51. The van der Waals surface area contributed by atoms with Gasteiger partial charge in [0.25, 0.3) is 10.0 Å². The fourth-order valence-electron chi connectivity index (χ4n) is 3.04. The van der Waals surface area contributed by atoms with Crippen LogP contribution in [0.2, 0.25) is 0 Å². The minimum Gasteiger partial charge on any atom is -0.386 e.